The monoisotopic (exact) mass is 322 g/mol. The molecule has 1 aromatic carbocycles. The van der Waals surface area contributed by atoms with Crippen molar-refractivity contribution in [2.75, 3.05) is 10.7 Å². The predicted molar refractivity (Wildman–Crippen MR) is 66.0 cm³/mol. The van der Waals surface area contributed by atoms with Crippen molar-refractivity contribution in [3.63, 3.8) is 0 Å². The third kappa shape index (κ3) is 2.37. The normalized spacial score (nSPS) is 11.7. The molecule has 0 aliphatic heterocycles. The standard InChI is InChI=1S/C11H13Br2F/c1-2-11(7-12,8-13)9-3-5-10(14)6-4-9/h3-6H,2,7-8H2,1H3. The Morgan fingerprint density at radius 1 is 1.14 bits per heavy atom. The molecule has 0 aliphatic rings. The lowest BCUT2D eigenvalue weighted by Crippen LogP contribution is -2.29. The summed E-state index contributed by atoms with van der Waals surface area (Å²) in [7, 11) is 0. The molecule has 0 aliphatic carbocycles. The average molecular weight is 324 g/mol. The van der Waals surface area contributed by atoms with Gasteiger partial charge < -0.3 is 0 Å². The molecule has 14 heavy (non-hydrogen) atoms. The molecule has 0 radical (unpaired) electrons. The summed E-state index contributed by atoms with van der Waals surface area (Å²) in [6.07, 6.45) is 1.02. The smallest absolute Gasteiger partial charge is 0.123 e. The van der Waals surface area contributed by atoms with Crippen molar-refractivity contribution in [3.05, 3.63) is 35.6 Å². The minimum absolute atomic E-state index is 0.0771. The molecular formula is C11H13Br2F. The first-order valence-electron chi connectivity index (χ1n) is 4.56. The average Bonchev–Trinajstić information content (AvgIpc) is 2.24. The first-order valence-corrected chi connectivity index (χ1v) is 6.81. The lowest BCUT2D eigenvalue weighted by atomic mass is 9.82. The van der Waals surface area contributed by atoms with Crippen molar-refractivity contribution in [2.24, 2.45) is 0 Å². The molecule has 3 heteroatoms. The number of rotatable bonds is 4. The zero-order valence-electron chi connectivity index (χ0n) is 8.06. The zero-order valence-corrected chi connectivity index (χ0v) is 11.2. The van der Waals surface area contributed by atoms with Crippen molar-refractivity contribution in [1.29, 1.82) is 0 Å². The van der Waals surface area contributed by atoms with Crippen molar-refractivity contribution in [3.8, 4) is 0 Å². The van der Waals surface area contributed by atoms with Crippen LogP contribution in [0.5, 0.6) is 0 Å². The zero-order chi connectivity index (χ0) is 10.6. The van der Waals surface area contributed by atoms with E-state index in [1.165, 1.54) is 17.7 Å². The van der Waals surface area contributed by atoms with E-state index < -0.39 is 0 Å². The number of alkyl halides is 2. The largest absolute Gasteiger partial charge is 0.207 e. The Labute approximate surface area is 101 Å². The minimum Gasteiger partial charge on any atom is -0.207 e. The van der Waals surface area contributed by atoms with E-state index in [1.807, 2.05) is 12.1 Å². The van der Waals surface area contributed by atoms with Gasteiger partial charge in [-0.15, -0.1) is 0 Å². The first kappa shape index (κ1) is 12.2. The molecule has 0 nitrogen and oxygen atoms in total. The molecule has 0 spiro atoms. The molecule has 1 aromatic rings. The molecule has 0 saturated carbocycles. The van der Waals surface area contributed by atoms with Gasteiger partial charge in [-0.05, 0) is 24.1 Å². The molecule has 0 N–H and O–H groups in total. The summed E-state index contributed by atoms with van der Waals surface area (Å²) < 4.78 is 12.8. The van der Waals surface area contributed by atoms with Crippen LogP contribution in [0.2, 0.25) is 0 Å². The Morgan fingerprint density at radius 3 is 2.00 bits per heavy atom. The molecule has 1 rings (SSSR count). The van der Waals surface area contributed by atoms with E-state index in [0.717, 1.165) is 17.1 Å². The van der Waals surface area contributed by atoms with Crippen LogP contribution in [0.4, 0.5) is 4.39 Å². The lowest BCUT2D eigenvalue weighted by molar-refractivity contribution is 0.531. The summed E-state index contributed by atoms with van der Waals surface area (Å²) in [4.78, 5) is 0. The second-order valence-electron chi connectivity index (χ2n) is 3.41. The summed E-state index contributed by atoms with van der Waals surface area (Å²) in [5, 5.41) is 1.76. The Bertz CT molecular complexity index is 270. The maximum atomic E-state index is 12.8. The van der Waals surface area contributed by atoms with E-state index in [1.54, 1.807) is 0 Å². The fraction of sp³-hybridized carbons (Fsp3) is 0.455. The molecule has 0 unspecified atom stereocenters. The van der Waals surface area contributed by atoms with Gasteiger partial charge in [0.2, 0.25) is 0 Å². The maximum absolute atomic E-state index is 12.8. The van der Waals surface area contributed by atoms with Crippen LogP contribution in [-0.4, -0.2) is 10.7 Å². The topological polar surface area (TPSA) is 0 Å². The molecule has 0 amide bonds. The van der Waals surface area contributed by atoms with Crippen LogP contribution >= 0.6 is 31.9 Å². The van der Waals surface area contributed by atoms with Gasteiger partial charge in [0.25, 0.3) is 0 Å². The van der Waals surface area contributed by atoms with Gasteiger partial charge >= 0.3 is 0 Å². The summed E-state index contributed by atoms with van der Waals surface area (Å²) in [6, 6.07) is 6.76. The number of hydrogen-bond acceptors (Lipinski definition) is 0. The van der Waals surface area contributed by atoms with Crippen molar-refractivity contribution >= 4 is 31.9 Å². The number of halogens is 3. The Balaban J connectivity index is 3.05. The van der Waals surface area contributed by atoms with Crippen molar-refractivity contribution in [2.45, 2.75) is 18.8 Å². The highest BCUT2D eigenvalue weighted by atomic mass is 79.9. The molecule has 78 valence electrons. The van der Waals surface area contributed by atoms with E-state index >= 15 is 0 Å². The van der Waals surface area contributed by atoms with E-state index in [-0.39, 0.29) is 11.2 Å². The molecule has 0 atom stereocenters. The second-order valence-corrected chi connectivity index (χ2v) is 4.53. The molecule has 0 aromatic heterocycles. The molecule has 0 saturated heterocycles. The first-order chi connectivity index (χ1) is 6.68. The lowest BCUT2D eigenvalue weighted by Gasteiger charge is -2.29. The third-order valence-corrected chi connectivity index (χ3v) is 4.79. The molecule has 0 fully saturated rings. The van der Waals surface area contributed by atoms with Crippen LogP contribution in [0, 0.1) is 5.82 Å². The maximum Gasteiger partial charge on any atom is 0.123 e. The Kier molecular flexibility index (Phi) is 4.58. The quantitative estimate of drug-likeness (QED) is 0.726. The van der Waals surface area contributed by atoms with E-state index in [9.17, 15) is 4.39 Å². The van der Waals surface area contributed by atoms with Gasteiger partial charge in [-0.1, -0.05) is 50.9 Å². The van der Waals surface area contributed by atoms with Gasteiger partial charge in [0.1, 0.15) is 5.82 Å². The van der Waals surface area contributed by atoms with Crippen molar-refractivity contribution in [1.82, 2.24) is 0 Å². The van der Waals surface area contributed by atoms with Crippen molar-refractivity contribution < 1.29 is 4.39 Å². The molecular weight excluding hydrogens is 311 g/mol. The van der Waals surface area contributed by atoms with Crippen LogP contribution in [0.1, 0.15) is 18.9 Å². The van der Waals surface area contributed by atoms with Crippen LogP contribution in [0.25, 0.3) is 0 Å². The third-order valence-electron chi connectivity index (χ3n) is 2.64. The fourth-order valence-corrected chi connectivity index (χ4v) is 3.76. The summed E-state index contributed by atoms with van der Waals surface area (Å²) in [5.74, 6) is -0.178. The van der Waals surface area contributed by atoms with Gasteiger partial charge in [-0.25, -0.2) is 4.39 Å². The van der Waals surface area contributed by atoms with Gasteiger partial charge in [0.15, 0.2) is 0 Å². The van der Waals surface area contributed by atoms with Gasteiger partial charge in [-0.3, -0.25) is 0 Å². The Morgan fingerprint density at radius 2 is 1.64 bits per heavy atom. The van der Waals surface area contributed by atoms with E-state index in [0.29, 0.717) is 0 Å². The van der Waals surface area contributed by atoms with E-state index in [4.69, 9.17) is 0 Å². The summed E-state index contributed by atoms with van der Waals surface area (Å²) >= 11 is 7.05. The second kappa shape index (κ2) is 5.26. The fourth-order valence-electron chi connectivity index (χ4n) is 1.39. The number of benzene rings is 1. The van der Waals surface area contributed by atoms with Crippen LogP contribution < -0.4 is 0 Å². The number of hydrogen-bond donors (Lipinski definition) is 0. The SMILES string of the molecule is CCC(CBr)(CBr)c1ccc(F)cc1. The summed E-state index contributed by atoms with van der Waals surface area (Å²) in [6.45, 7) is 2.14. The van der Waals surface area contributed by atoms with Gasteiger partial charge in [0.05, 0.1) is 0 Å². The van der Waals surface area contributed by atoms with Gasteiger partial charge in [-0.2, -0.15) is 0 Å². The van der Waals surface area contributed by atoms with Crippen LogP contribution in [0.15, 0.2) is 24.3 Å². The van der Waals surface area contributed by atoms with Crippen LogP contribution in [-0.2, 0) is 5.41 Å². The van der Waals surface area contributed by atoms with Crippen LogP contribution in [0.3, 0.4) is 0 Å². The highest BCUT2D eigenvalue weighted by Crippen LogP contribution is 2.32. The highest BCUT2D eigenvalue weighted by molar-refractivity contribution is 9.09. The molecule has 0 heterocycles. The highest BCUT2D eigenvalue weighted by Gasteiger charge is 2.27. The minimum atomic E-state index is -0.178. The predicted octanol–water partition coefficient (Wildman–Crippen LogP) is 4.26. The summed E-state index contributed by atoms with van der Waals surface area (Å²) in [5.41, 5.74) is 1.25. The molecule has 0 bridgehead atoms. The van der Waals surface area contributed by atoms with E-state index in [2.05, 4.69) is 38.8 Å². The Hall–Kier alpha value is 0.110. The van der Waals surface area contributed by atoms with Gasteiger partial charge in [0, 0.05) is 16.1 Å².